The van der Waals surface area contributed by atoms with Crippen molar-refractivity contribution in [1.82, 2.24) is 0 Å². The van der Waals surface area contributed by atoms with Crippen molar-refractivity contribution < 1.29 is 38.0 Å². The Labute approximate surface area is 169 Å². The Kier molecular flexibility index (Phi) is 5.91. The van der Waals surface area contributed by atoms with Crippen LogP contribution >= 0.6 is 0 Å². The molecule has 0 amide bonds. The van der Waals surface area contributed by atoms with Crippen LogP contribution < -0.4 is 33.2 Å². The van der Waals surface area contributed by atoms with E-state index >= 15 is 0 Å². The van der Waals surface area contributed by atoms with Crippen LogP contribution in [-0.4, -0.2) is 48.4 Å². The highest BCUT2D eigenvalue weighted by Gasteiger charge is 2.35. The Bertz CT molecular complexity index is 922. The van der Waals surface area contributed by atoms with E-state index < -0.39 is 6.10 Å². The first-order valence-electron chi connectivity index (χ1n) is 8.85. The molecule has 0 aromatic heterocycles. The van der Waals surface area contributed by atoms with E-state index in [-0.39, 0.29) is 18.0 Å². The minimum atomic E-state index is -0.590. The number of ether oxygens (including phenoxy) is 7. The standard InChI is InChI=1S/C21H24O8/c1-23-13-9-16(25-3)15(24-2)7-11(13)14-8-12(22)19-17(29-14)10-18(26-4)20(27-5)21(19)28-6/h7,9-10,14H,8H2,1-6H3. The highest BCUT2D eigenvalue weighted by atomic mass is 16.5. The van der Waals surface area contributed by atoms with Gasteiger partial charge in [-0.1, -0.05) is 0 Å². The van der Waals surface area contributed by atoms with Gasteiger partial charge in [0.2, 0.25) is 5.75 Å². The van der Waals surface area contributed by atoms with Crippen LogP contribution in [0.2, 0.25) is 0 Å². The number of carbonyl (C=O) groups is 1. The Morgan fingerprint density at radius 3 is 1.86 bits per heavy atom. The fourth-order valence-corrected chi connectivity index (χ4v) is 3.43. The Morgan fingerprint density at radius 1 is 0.724 bits per heavy atom. The lowest BCUT2D eigenvalue weighted by molar-refractivity contribution is 0.0839. The van der Waals surface area contributed by atoms with Crippen LogP contribution in [0.25, 0.3) is 0 Å². The van der Waals surface area contributed by atoms with E-state index in [1.54, 1.807) is 32.4 Å². The second kappa shape index (κ2) is 8.38. The summed E-state index contributed by atoms with van der Waals surface area (Å²) in [5.74, 6) is 2.77. The molecule has 3 rings (SSSR count). The fourth-order valence-electron chi connectivity index (χ4n) is 3.43. The van der Waals surface area contributed by atoms with Crippen LogP contribution in [0.5, 0.6) is 40.2 Å². The van der Waals surface area contributed by atoms with Gasteiger partial charge in [0.25, 0.3) is 0 Å². The number of carbonyl (C=O) groups excluding carboxylic acids is 1. The summed E-state index contributed by atoms with van der Waals surface area (Å²) in [5.41, 5.74) is 0.985. The summed E-state index contributed by atoms with van der Waals surface area (Å²) in [7, 11) is 9.08. The molecule has 2 aromatic carbocycles. The maximum atomic E-state index is 13.0. The minimum absolute atomic E-state index is 0.0880. The molecule has 0 aliphatic carbocycles. The third-order valence-electron chi connectivity index (χ3n) is 4.80. The molecule has 0 N–H and O–H groups in total. The van der Waals surface area contributed by atoms with Crippen molar-refractivity contribution in [2.75, 3.05) is 42.7 Å². The Morgan fingerprint density at radius 2 is 1.31 bits per heavy atom. The molecule has 1 heterocycles. The van der Waals surface area contributed by atoms with Crippen molar-refractivity contribution in [2.45, 2.75) is 12.5 Å². The molecule has 0 fully saturated rings. The zero-order valence-corrected chi connectivity index (χ0v) is 17.3. The highest BCUT2D eigenvalue weighted by molar-refractivity contribution is 6.04. The zero-order valence-electron chi connectivity index (χ0n) is 17.3. The van der Waals surface area contributed by atoms with E-state index in [9.17, 15) is 4.79 Å². The minimum Gasteiger partial charge on any atom is -0.496 e. The van der Waals surface area contributed by atoms with Crippen LogP contribution in [0.3, 0.4) is 0 Å². The molecule has 2 aromatic rings. The average Bonchev–Trinajstić information content (AvgIpc) is 2.76. The Balaban J connectivity index is 2.12. The topological polar surface area (TPSA) is 81.7 Å². The molecule has 1 unspecified atom stereocenters. The molecular formula is C21H24O8. The molecule has 1 aliphatic rings. The third-order valence-corrected chi connectivity index (χ3v) is 4.80. The van der Waals surface area contributed by atoms with Gasteiger partial charge in [0.05, 0.1) is 49.1 Å². The monoisotopic (exact) mass is 404 g/mol. The summed E-state index contributed by atoms with van der Waals surface area (Å²) in [6.07, 6.45) is -0.502. The van der Waals surface area contributed by atoms with Gasteiger partial charge >= 0.3 is 0 Å². The summed E-state index contributed by atoms with van der Waals surface area (Å²) >= 11 is 0. The van der Waals surface area contributed by atoms with Gasteiger partial charge in [-0.15, -0.1) is 0 Å². The maximum Gasteiger partial charge on any atom is 0.204 e. The number of benzene rings is 2. The van der Waals surface area contributed by atoms with Crippen LogP contribution in [0.4, 0.5) is 0 Å². The van der Waals surface area contributed by atoms with Gasteiger partial charge in [-0.2, -0.15) is 0 Å². The normalized spacial score (nSPS) is 15.1. The second-order valence-electron chi connectivity index (χ2n) is 6.20. The zero-order chi connectivity index (χ0) is 21.1. The largest absolute Gasteiger partial charge is 0.496 e. The highest BCUT2D eigenvalue weighted by Crippen LogP contribution is 2.50. The number of rotatable bonds is 7. The summed E-state index contributed by atoms with van der Waals surface area (Å²) in [5, 5.41) is 0. The maximum absolute atomic E-state index is 13.0. The molecule has 1 aliphatic heterocycles. The molecule has 156 valence electrons. The summed E-state index contributed by atoms with van der Waals surface area (Å²) in [6.45, 7) is 0. The SMILES string of the molecule is COc1cc(OC)c(C2CC(=O)c3c(cc(OC)c(OC)c3OC)O2)cc1OC. The Hall–Kier alpha value is -3.29. The molecule has 1 atom stereocenters. The molecule has 8 heteroatoms. The number of ketones is 1. The van der Waals surface area contributed by atoms with Gasteiger partial charge in [0.1, 0.15) is 23.2 Å². The number of hydrogen-bond donors (Lipinski definition) is 0. The lowest BCUT2D eigenvalue weighted by atomic mass is 9.94. The van der Waals surface area contributed by atoms with Gasteiger partial charge in [-0.25, -0.2) is 0 Å². The van der Waals surface area contributed by atoms with Crippen LogP contribution in [0, 0.1) is 0 Å². The smallest absolute Gasteiger partial charge is 0.204 e. The first-order valence-corrected chi connectivity index (χ1v) is 8.85. The first kappa shape index (κ1) is 20.4. The van der Waals surface area contributed by atoms with Crippen molar-refractivity contribution >= 4 is 5.78 Å². The van der Waals surface area contributed by atoms with E-state index in [0.717, 1.165) is 0 Å². The first-order chi connectivity index (χ1) is 14.0. The number of methoxy groups -OCH3 is 6. The van der Waals surface area contributed by atoms with Crippen molar-refractivity contribution in [2.24, 2.45) is 0 Å². The molecule has 0 radical (unpaired) electrons. The molecule has 29 heavy (non-hydrogen) atoms. The van der Waals surface area contributed by atoms with E-state index in [1.807, 2.05) is 0 Å². The molecule has 0 bridgehead atoms. The van der Waals surface area contributed by atoms with Gasteiger partial charge < -0.3 is 33.2 Å². The fraction of sp³-hybridized carbons (Fsp3) is 0.381. The molecular weight excluding hydrogens is 380 g/mol. The lowest BCUT2D eigenvalue weighted by Crippen LogP contribution is -2.22. The van der Waals surface area contributed by atoms with Crippen molar-refractivity contribution in [3.8, 4) is 40.2 Å². The van der Waals surface area contributed by atoms with Gasteiger partial charge in [0, 0.05) is 17.7 Å². The van der Waals surface area contributed by atoms with Crippen molar-refractivity contribution in [3.63, 3.8) is 0 Å². The van der Waals surface area contributed by atoms with Gasteiger partial charge in [-0.05, 0) is 6.07 Å². The quantitative estimate of drug-likeness (QED) is 0.694. The number of Topliss-reactive ketones (excluding diaryl/α,β-unsaturated/α-hetero) is 1. The van der Waals surface area contributed by atoms with Gasteiger partial charge in [0.15, 0.2) is 28.8 Å². The summed E-state index contributed by atoms with van der Waals surface area (Å²) in [6, 6.07) is 5.07. The third kappa shape index (κ3) is 3.46. The lowest BCUT2D eigenvalue weighted by Gasteiger charge is -2.29. The molecule has 0 spiro atoms. The van der Waals surface area contributed by atoms with E-state index in [0.29, 0.717) is 45.6 Å². The van der Waals surface area contributed by atoms with Crippen LogP contribution in [0.15, 0.2) is 18.2 Å². The summed E-state index contributed by atoms with van der Waals surface area (Å²) in [4.78, 5) is 13.0. The van der Waals surface area contributed by atoms with Crippen LogP contribution in [-0.2, 0) is 0 Å². The second-order valence-corrected chi connectivity index (χ2v) is 6.20. The number of fused-ring (bicyclic) bond motifs is 1. The van der Waals surface area contributed by atoms with E-state index in [1.165, 1.54) is 28.4 Å². The molecule has 0 saturated heterocycles. The van der Waals surface area contributed by atoms with E-state index in [2.05, 4.69) is 0 Å². The molecule has 8 nitrogen and oxygen atoms in total. The van der Waals surface area contributed by atoms with Gasteiger partial charge in [-0.3, -0.25) is 4.79 Å². The van der Waals surface area contributed by atoms with Crippen molar-refractivity contribution in [3.05, 3.63) is 29.3 Å². The molecule has 0 saturated carbocycles. The van der Waals surface area contributed by atoms with Crippen molar-refractivity contribution in [1.29, 1.82) is 0 Å². The van der Waals surface area contributed by atoms with Crippen LogP contribution in [0.1, 0.15) is 28.4 Å². The predicted molar refractivity (Wildman–Crippen MR) is 105 cm³/mol. The summed E-state index contributed by atoms with van der Waals surface area (Å²) < 4.78 is 38.6. The number of hydrogen-bond acceptors (Lipinski definition) is 8. The predicted octanol–water partition coefficient (Wildman–Crippen LogP) is 3.44. The average molecular weight is 404 g/mol. The van der Waals surface area contributed by atoms with E-state index in [4.69, 9.17) is 33.2 Å².